The van der Waals surface area contributed by atoms with E-state index in [9.17, 15) is 4.79 Å². The van der Waals surface area contributed by atoms with Crippen molar-refractivity contribution in [3.05, 3.63) is 95.5 Å². The van der Waals surface area contributed by atoms with Gasteiger partial charge in [0, 0.05) is 17.3 Å². The Hall–Kier alpha value is -4.96. The number of pyridine rings is 1. The molecular formula is C27H20N6O3S. The summed E-state index contributed by atoms with van der Waals surface area (Å²) in [5.74, 6) is -0.0796. The van der Waals surface area contributed by atoms with Crippen molar-refractivity contribution in [3.8, 4) is 27.6 Å². The summed E-state index contributed by atoms with van der Waals surface area (Å²) in [5.41, 5.74) is 13.1. The molecule has 6 aromatic rings. The predicted octanol–water partition coefficient (Wildman–Crippen LogP) is 5.66. The number of furan rings is 2. The van der Waals surface area contributed by atoms with E-state index in [1.165, 1.54) is 6.21 Å². The van der Waals surface area contributed by atoms with Gasteiger partial charge in [-0.1, -0.05) is 24.3 Å². The van der Waals surface area contributed by atoms with E-state index < -0.39 is 5.91 Å². The smallest absolute Gasteiger partial charge is 0.309 e. The molecule has 0 spiro atoms. The molecule has 0 saturated carbocycles. The molecule has 10 heteroatoms. The van der Waals surface area contributed by atoms with Crippen molar-refractivity contribution >= 4 is 40.2 Å². The molecule has 0 radical (unpaired) electrons. The Morgan fingerprint density at radius 1 is 1.16 bits per heavy atom. The standard InChI is InChI=1S/C27H20N6O3S/c1-16-17(15-33(32-16)18-7-3-2-4-8-18)14-29-31-26(34)25-24(28)23-19(21-9-5-11-35-21)13-20(30-27(23)36-25)22-10-6-12-37-22/h2-15H,28H2,1H3,(H,31,34)/b29-14+. The number of hydrazone groups is 1. The van der Waals surface area contributed by atoms with Gasteiger partial charge < -0.3 is 14.6 Å². The number of rotatable bonds is 6. The predicted molar refractivity (Wildman–Crippen MR) is 143 cm³/mol. The van der Waals surface area contributed by atoms with Gasteiger partial charge in [-0.15, -0.1) is 11.3 Å². The number of thiophene rings is 1. The van der Waals surface area contributed by atoms with Crippen LogP contribution in [0.15, 0.2) is 92.4 Å². The summed E-state index contributed by atoms with van der Waals surface area (Å²) in [7, 11) is 0. The van der Waals surface area contributed by atoms with Crippen LogP contribution in [0, 0.1) is 6.92 Å². The zero-order valence-electron chi connectivity index (χ0n) is 19.6. The van der Waals surface area contributed by atoms with Gasteiger partial charge in [-0.3, -0.25) is 4.79 Å². The lowest BCUT2D eigenvalue weighted by atomic mass is 10.1. The number of carbonyl (C=O) groups is 1. The highest BCUT2D eigenvalue weighted by Gasteiger charge is 2.24. The van der Waals surface area contributed by atoms with E-state index in [4.69, 9.17) is 14.6 Å². The van der Waals surface area contributed by atoms with Crippen LogP contribution in [0.2, 0.25) is 0 Å². The summed E-state index contributed by atoms with van der Waals surface area (Å²) in [5, 5.41) is 11.1. The third-order valence-corrected chi connectivity index (χ3v) is 6.69. The molecule has 5 aromatic heterocycles. The Kier molecular flexibility index (Phi) is 5.62. The van der Waals surface area contributed by atoms with Gasteiger partial charge in [0.05, 0.1) is 45.5 Å². The number of aryl methyl sites for hydroxylation is 1. The number of nitrogen functional groups attached to an aromatic ring is 1. The highest BCUT2D eigenvalue weighted by atomic mass is 32.1. The minimum Gasteiger partial charge on any atom is -0.464 e. The van der Waals surface area contributed by atoms with E-state index in [-0.39, 0.29) is 17.2 Å². The van der Waals surface area contributed by atoms with E-state index in [1.54, 1.807) is 28.3 Å². The number of hydrogen-bond donors (Lipinski definition) is 2. The molecule has 9 nitrogen and oxygen atoms in total. The average Bonchev–Trinajstić information content (AvgIpc) is 3.72. The molecule has 3 N–H and O–H groups in total. The number of benzene rings is 1. The Bertz CT molecular complexity index is 1730. The Morgan fingerprint density at radius 3 is 2.78 bits per heavy atom. The number of fused-ring (bicyclic) bond motifs is 1. The van der Waals surface area contributed by atoms with Crippen molar-refractivity contribution in [2.24, 2.45) is 5.10 Å². The monoisotopic (exact) mass is 508 g/mol. The van der Waals surface area contributed by atoms with E-state index in [0.29, 0.717) is 22.4 Å². The molecule has 6 rings (SSSR count). The van der Waals surface area contributed by atoms with E-state index in [2.05, 4.69) is 20.6 Å². The first-order chi connectivity index (χ1) is 18.1. The molecule has 0 fully saturated rings. The summed E-state index contributed by atoms with van der Waals surface area (Å²) in [6.45, 7) is 1.87. The summed E-state index contributed by atoms with van der Waals surface area (Å²) in [6.07, 6.45) is 4.94. The third kappa shape index (κ3) is 4.19. The van der Waals surface area contributed by atoms with Gasteiger partial charge in [-0.05, 0) is 48.7 Å². The topological polar surface area (TPSA) is 124 Å². The fraction of sp³-hybridized carbons (Fsp3) is 0.0370. The van der Waals surface area contributed by atoms with E-state index >= 15 is 0 Å². The first kappa shape index (κ1) is 22.5. The van der Waals surface area contributed by atoms with Crippen LogP contribution >= 0.6 is 11.3 Å². The van der Waals surface area contributed by atoms with Gasteiger partial charge in [0.15, 0.2) is 0 Å². The van der Waals surface area contributed by atoms with Crippen LogP contribution in [0.5, 0.6) is 0 Å². The first-order valence-corrected chi connectivity index (χ1v) is 12.2. The number of nitrogens with two attached hydrogens (primary N) is 1. The van der Waals surface area contributed by atoms with Crippen LogP contribution < -0.4 is 11.2 Å². The van der Waals surface area contributed by atoms with Gasteiger partial charge in [0.2, 0.25) is 11.5 Å². The van der Waals surface area contributed by atoms with Gasteiger partial charge in [-0.25, -0.2) is 15.1 Å². The van der Waals surface area contributed by atoms with Gasteiger partial charge in [0.25, 0.3) is 0 Å². The maximum atomic E-state index is 13.0. The fourth-order valence-corrected chi connectivity index (χ4v) is 4.68. The minimum absolute atomic E-state index is 0.0764. The second-order valence-electron chi connectivity index (χ2n) is 8.18. The number of amides is 1. The normalized spacial score (nSPS) is 11.5. The molecule has 37 heavy (non-hydrogen) atoms. The molecule has 0 aliphatic rings. The molecule has 0 aliphatic carbocycles. The summed E-state index contributed by atoms with van der Waals surface area (Å²) in [6, 6.07) is 19.1. The maximum absolute atomic E-state index is 13.0. The van der Waals surface area contributed by atoms with Crippen LogP contribution in [-0.2, 0) is 0 Å². The van der Waals surface area contributed by atoms with Crippen LogP contribution in [-0.4, -0.2) is 26.9 Å². The molecule has 0 atom stereocenters. The van der Waals surface area contributed by atoms with Gasteiger partial charge in [-0.2, -0.15) is 10.2 Å². The maximum Gasteiger partial charge on any atom is 0.309 e. The van der Waals surface area contributed by atoms with Crippen molar-refractivity contribution in [2.75, 3.05) is 5.73 Å². The zero-order valence-corrected chi connectivity index (χ0v) is 20.4. The third-order valence-electron chi connectivity index (χ3n) is 5.79. The fourth-order valence-electron chi connectivity index (χ4n) is 3.99. The number of anilines is 1. The number of carbonyl (C=O) groups excluding carboxylic acids is 1. The molecule has 182 valence electrons. The van der Waals surface area contributed by atoms with Crippen molar-refractivity contribution in [3.63, 3.8) is 0 Å². The molecule has 1 aromatic carbocycles. The van der Waals surface area contributed by atoms with Crippen molar-refractivity contribution in [2.45, 2.75) is 6.92 Å². The van der Waals surface area contributed by atoms with Crippen LogP contribution in [0.25, 0.3) is 38.7 Å². The summed E-state index contributed by atoms with van der Waals surface area (Å²) >= 11 is 1.55. The molecular weight excluding hydrogens is 488 g/mol. The molecule has 0 bridgehead atoms. The second kappa shape index (κ2) is 9.25. The largest absolute Gasteiger partial charge is 0.464 e. The number of hydrogen-bond acceptors (Lipinski definition) is 8. The van der Waals surface area contributed by atoms with Gasteiger partial charge >= 0.3 is 5.91 Å². The van der Waals surface area contributed by atoms with E-state index in [1.807, 2.05) is 73.1 Å². The SMILES string of the molecule is Cc1nn(-c2ccccc2)cc1/C=N/NC(=O)c1oc2nc(-c3cccs3)cc(-c3ccco3)c2c1N. The lowest BCUT2D eigenvalue weighted by Crippen LogP contribution is -2.18. The molecule has 0 aliphatic heterocycles. The van der Waals surface area contributed by atoms with E-state index in [0.717, 1.165) is 21.8 Å². The average molecular weight is 509 g/mol. The summed E-state index contributed by atoms with van der Waals surface area (Å²) < 4.78 is 13.2. The van der Waals surface area contributed by atoms with Crippen molar-refractivity contribution in [1.29, 1.82) is 0 Å². The van der Waals surface area contributed by atoms with Crippen LogP contribution in [0.1, 0.15) is 21.8 Å². The highest BCUT2D eigenvalue weighted by Crippen LogP contribution is 2.39. The Labute approximate surface area is 214 Å². The Morgan fingerprint density at radius 2 is 2.03 bits per heavy atom. The molecule has 5 heterocycles. The number of nitrogens with zero attached hydrogens (tertiary/aromatic N) is 4. The number of aromatic nitrogens is 3. The molecule has 1 amide bonds. The second-order valence-corrected chi connectivity index (χ2v) is 9.13. The Balaban J connectivity index is 1.31. The van der Waals surface area contributed by atoms with Crippen molar-refractivity contribution < 1.29 is 13.6 Å². The highest BCUT2D eigenvalue weighted by molar-refractivity contribution is 7.13. The molecule has 0 unspecified atom stereocenters. The number of para-hydroxylation sites is 1. The van der Waals surface area contributed by atoms with Crippen LogP contribution in [0.4, 0.5) is 5.69 Å². The van der Waals surface area contributed by atoms with Crippen LogP contribution in [0.3, 0.4) is 0 Å². The lowest BCUT2D eigenvalue weighted by molar-refractivity contribution is 0.0930. The first-order valence-electron chi connectivity index (χ1n) is 11.3. The number of nitrogens with one attached hydrogen (secondary N) is 1. The summed E-state index contributed by atoms with van der Waals surface area (Å²) in [4.78, 5) is 18.5. The molecule has 0 saturated heterocycles. The zero-order chi connectivity index (χ0) is 25.4. The lowest BCUT2D eigenvalue weighted by Gasteiger charge is -2.03. The van der Waals surface area contributed by atoms with Gasteiger partial charge in [0.1, 0.15) is 5.76 Å². The minimum atomic E-state index is -0.595. The quantitative estimate of drug-likeness (QED) is 0.221. The van der Waals surface area contributed by atoms with Crippen molar-refractivity contribution in [1.82, 2.24) is 20.2 Å².